The van der Waals surface area contributed by atoms with Crippen molar-refractivity contribution in [3.05, 3.63) is 67.6 Å². The van der Waals surface area contributed by atoms with Gasteiger partial charge in [0.1, 0.15) is 0 Å². The Balaban J connectivity index is 0.000000158. The summed E-state index contributed by atoms with van der Waals surface area (Å²) >= 11 is 6.61. The molecule has 2 aromatic rings. The minimum atomic E-state index is -0.394. The summed E-state index contributed by atoms with van der Waals surface area (Å²) in [4.78, 5) is 47.1. The Labute approximate surface area is 191 Å². The van der Waals surface area contributed by atoms with Crippen molar-refractivity contribution in [3.8, 4) is 0 Å². The summed E-state index contributed by atoms with van der Waals surface area (Å²) in [5, 5.41) is 0. The molecule has 1 unspecified atom stereocenters. The van der Waals surface area contributed by atoms with Gasteiger partial charge in [-0.1, -0.05) is 51.1 Å². The lowest BCUT2D eigenvalue weighted by Gasteiger charge is -2.25. The molecule has 0 saturated heterocycles. The van der Waals surface area contributed by atoms with Crippen molar-refractivity contribution in [1.82, 2.24) is 0 Å². The van der Waals surface area contributed by atoms with Crippen molar-refractivity contribution < 1.29 is 19.2 Å². The van der Waals surface area contributed by atoms with Crippen molar-refractivity contribution >= 4 is 55.0 Å². The van der Waals surface area contributed by atoms with Crippen molar-refractivity contribution in [2.45, 2.75) is 38.5 Å². The maximum atomic E-state index is 12.4. The van der Waals surface area contributed by atoms with Crippen LogP contribution in [0.5, 0.6) is 0 Å². The highest BCUT2D eigenvalue weighted by atomic mass is 79.9. The van der Waals surface area contributed by atoms with Gasteiger partial charge in [0, 0.05) is 31.2 Å². The number of ketones is 4. The molecule has 4 nitrogen and oxygen atoms in total. The highest BCUT2D eigenvalue weighted by Gasteiger charge is 2.43. The van der Waals surface area contributed by atoms with Gasteiger partial charge in [0.2, 0.25) is 0 Å². The molecule has 6 heteroatoms. The standard InChI is InChI=1S/C15H15BrO2.C9H5BrO2/c16-10-6-7-11-12(8-10)15(18)13(14(11)17)9-4-2-1-3-5-9;10-5-1-2-6-7(3-5)9(12)4-8(6)11/h6-9,13H,1-5H2;1-3H,4H2. The van der Waals surface area contributed by atoms with Crippen molar-refractivity contribution in [1.29, 1.82) is 0 Å². The maximum absolute atomic E-state index is 12.4. The van der Waals surface area contributed by atoms with Crippen LogP contribution in [0.2, 0.25) is 0 Å². The summed E-state index contributed by atoms with van der Waals surface area (Å²) in [7, 11) is 0. The van der Waals surface area contributed by atoms with Gasteiger partial charge in [-0.2, -0.15) is 0 Å². The third-order valence-corrected chi connectivity index (χ3v) is 7.09. The third kappa shape index (κ3) is 4.00. The first-order valence-corrected chi connectivity index (χ1v) is 11.7. The monoisotopic (exact) mass is 530 g/mol. The van der Waals surface area contributed by atoms with E-state index in [2.05, 4.69) is 31.9 Å². The number of fused-ring (bicyclic) bond motifs is 2. The Hall–Kier alpha value is -1.92. The van der Waals surface area contributed by atoms with Crippen molar-refractivity contribution in [3.63, 3.8) is 0 Å². The second-order valence-electron chi connectivity index (χ2n) is 8.01. The van der Waals surface area contributed by atoms with Crippen LogP contribution in [0.15, 0.2) is 45.3 Å². The van der Waals surface area contributed by atoms with Crippen LogP contribution in [0.1, 0.15) is 80.0 Å². The smallest absolute Gasteiger partial charge is 0.174 e. The lowest BCUT2D eigenvalue weighted by molar-refractivity contribution is 0.0755. The quantitative estimate of drug-likeness (QED) is 0.408. The molecule has 1 saturated carbocycles. The zero-order valence-electron chi connectivity index (χ0n) is 16.3. The Morgan fingerprint density at radius 1 is 0.633 bits per heavy atom. The van der Waals surface area contributed by atoms with Crippen LogP contribution in [0.25, 0.3) is 0 Å². The first-order chi connectivity index (χ1) is 14.4. The summed E-state index contributed by atoms with van der Waals surface area (Å²) in [6.45, 7) is 0. The Kier molecular flexibility index (Phi) is 6.16. The van der Waals surface area contributed by atoms with Crippen LogP contribution >= 0.6 is 31.9 Å². The van der Waals surface area contributed by atoms with E-state index in [0.717, 1.165) is 34.6 Å². The number of carbonyl (C=O) groups is 4. The molecule has 0 N–H and O–H groups in total. The van der Waals surface area contributed by atoms with Gasteiger partial charge in [0.15, 0.2) is 23.1 Å². The van der Waals surface area contributed by atoms with Gasteiger partial charge < -0.3 is 0 Å². The minimum absolute atomic E-state index is 0.0335. The largest absolute Gasteiger partial charge is 0.294 e. The average molecular weight is 532 g/mol. The first-order valence-electron chi connectivity index (χ1n) is 10.1. The molecule has 0 aromatic heterocycles. The van der Waals surface area contributed by atoms with Crippen LogP contribution in [-0.2, 0) is 0 Å². The lowest BCUT2D eigenvalue weighted by Crippen LogP contribution is -2.27. The molecule has 0 bridgehead atoms. The Morgan fingerprint density at radius 3 is 1.83 bits per heavy atom. The molecule has 3 aliphatic carbocycles. The molecule has 0 spiro atoms. The summed E-state index contributed by atoms with van der Waals surface area (Å²) in [5.41, 5.74) is 2.35. The number of Topliss-reactive ketones (excluding diaryl/α,β-unsaturated/α-hetero) is 4. The predicted octanol–water partition coefficient (Wildman–Crippen LogP) is 6.24. The molecule has 30 heavy (non-hydrogen) atoms. The van der Waals surface area contributed by atoms with E-state index in [1.165, 1.54) is 6.42 Å². The zero-order valence-corrected chi connectivity index (χ0v) is 19.4. The number of hydrogen-bond acceptors (Lipinski definition) is 4. The number of rotatable bonds is 1. The fourth-order valence-electron chi connectivity index (χ4n) is 4.61. The van der Waals surface area contributed by atoms with Crippen LogP contribution in [0, 0.1) is 11.8 Å². The average Bonchev–Trinajstić information content (AvgIpc) is 3.15. The van der Waals surface area contributed by atoms with Gasteiger partial charge >= 0.3 is 0 Å². The van der Waals surface area contributed by atoms with Gasteiger partial charge in [-0.05, 0) is 55.2 Å². The number of halogens is 2. The van der Waals surface area contributed by atoms with Crippen LogP contribution < -0.4 is 0 Å². The second-order valence-corrected chi connectivity index (χ2v) is 9.84. The zero-order chi connectivity index (χ0) is 21.4. The van der Waals surface area contributed by atoms with Crippen LogP contribution in [0.4, 0.5) is 0 Å². The molecule has 1 fully saturated rings. The van der Waals surface area contributed by atoms with Gasteiger partial charge in [-0.25, -0.2) is 0 Å². The molecule has 0 aliphatic heterocycles. The fourth-order valence-corrected chi connectivity index (χ4v) is 5.33. The lowest BCUT2D eigenvalue weighted by atomic mass is 9.78. The molecule has 2 aromatic carbocycles. The highest BCUT2D eigenvalue weighted by Crippen LogP contribution is 2.39. The maximum Gasteiger partial charge on any atom is 0.174 e. The van der Waals surface area contributed by atoms with Gasteiger partial charge in [-0.3, -0.25) is 19.2 Å². The van der Waals surface area contributed by atoms with Crippen LogP contribution in [-0.4, -0.2) is 23.1 Å². The second kappa shape index (κ2) is 8.67. The number of benzene rings is 2. The Bertz CT molecular complexity index is 1070. The minimum Gasteiger partial charge on any atom is -0.294 e. The topological polar surface area (TPSA) is 68.3 Å². The van der Waals surface area contributed by atoms with E-state index in [-0.39, 0.29) is 35.5 Å². The SMILES string of the molecule is O=C1CC(=O)c2cc(Br)ccc21.O=C1c2ccc(Br)cc2C(=O)C1C1CCCCC1. The van der Waals surface area contributed by atoms with E-state index in [4.69, 9.17) is 0 Å². The van der Waals surface area contributed by atoms with Crippen molar-refractivity contribution in [2.75, 3.05) is 0 Å². The van der Waals surface area contributed by atoms with E-state index < -0.39 is 5.92 Å². The molecule has 1 atom stereocenters. The van der Waals surface area contributed by atoms with Gasteiger partial charge in [0.05, 0.1) is 12.3 Å². The summed E-state index contributed by atoms with van der Waals surface area (Å²) in [6, 6.07) is 10.6. The molecule has 0 radical (unpaired) electrons. The van der Waals surface area contributed by atoms with Gasteiger partial charge in [0.25, 0.3) is 0 Å². The van der Waals surface area contributed by atoms with E-state index in [0.29, 0.717) is 22.3 Å². The van der Waals surface area contributed by atoms with Crippen molar-refractivity contribution in [2.24, 2.45) is 11.8 Å². The Morgan fingerprint density at radius 2 is 1.17 bits per heavy atom. The summed E-state index contributed by atoms with van der Waals surface area (Å²) < 4.78 is 1.70. The molecule has 0 amide bonds. The van der Waals surface area contributed by atoms with E-state index in [1.54, 1.807) is 30.3 Å². The molecule has 0 heterocycles. The molecule has 5 rings (SSSR count). The molecule has 154 valence electrons. The molecular weight excluding hydrogens is 512 g/mol. The number of hydrogen-bond donors (Lipinski definition) is 0. The first kappa shape index (κ1) is 21.3. The summed E-state index contributed by atoms with van der Waals surface area (Å²) in [5.74, 6) is -0.170. The van der Waals surface area contributed by atoms with Gasteiger partial charge in [-0.15, -0.1) is 0 Å². The van der Waals surface area contributed by atoms with Crippen LogP contribution in [0.3, 0.4) is 0 Å². The van der Waals surface area contributed by atoms with E-state index in [1.807, 2.05) is 6.07 Å². The molecular formula is C24H20Br2O4. The normalized spacial score (nSPS) is 20.7. The third-order valence-electron chi connectivity index (χ3n) is 6.10. The van der Waals surface area contributed by atoms with E-state index >= 15 is 0 Å². The highest BCUT2D eigenvalue weighted by molar-refractivity contribution is 9.10. The molecule has 3 aliphatic rings. The number of carbonyl (C=O) groups excluding carboxylic acids is 4. The van der Waals surface area contributed by atoms with E-state index in [9.17, 15) is 19.2 Å². The predicted molar refractivity (Wildman–Crippen MR) is 120 cm³/mol. The fraction of sp³-hybridized carbons (Fsp3) is 0.333. The summed E-state index contributed by atoms with van der Waals surface area (Å²) in [6.07, 6.45) is 5.63.